The van der Waals surface area contributed by atoms with Gasteiger partial charge in [0.2, 0.25) is 17.7 Å². The van der Waals surface area contributed by atoms with Crippen LogP contribution < -0.4 is 20.7 Å². The number of carbonyl (C=O) groups is 6. The molecule has 0 heterocycles. The van der Waals surface area contributed by atoms with E-state index in [0.717, 1.165) is 57.1 Å². The van der Waals surface area contributed by atoms with Crippen LogP contribution in [0.3, 0.4) is 0 Å². The Balaban J connectivity index is 1.97. The van der Waals surface area contributed by atoms with E-state index >= 15 is 0 Å². The summed E-state index contributed by atoms with van der Waals surface area (Å²) in [5.74, 6) is -4.20. The van der Waals surface area contributed by atoms with Gasteiger partial charge in [-0.25, -0.2) is 9.59 Å². The van der Waals surface area contributed by atoms with E-state index in [0.29, 0.717) is 6.42 Å². The maximum absolute atomic E-state index is 12.3. The molecule has 0 saturated heterocycles. The van der Waals surface area contributed by atoms with Crippen molar-refractivity contribution in [2.24, 2.45) is 0 Å². The predicted octanol–water partition coefficient (Wildman–Crippen LogP) is 5.12. The Bertz CT molecular complexity index is 1610. The van der Waals surface area contributed by atoms with E-state index in [1.54, 1.807) is 0 Å². The Labute approximate surface area is 379 Å². The number of carboxylic acids is 2. The molecule has 360 valence electrons. The first kappa shape index (κ1) is 57.4. The molecule has 3 amide bonds. The molecular formula is C41H65Cl2N3O16S. The fourth-order valence-corrected chi connectivity index (χ4v) is 7.06. The average Bonchev–Trinajstić information content (AvgIpc) is 3.21. The molecule has 0 spiro atoms. The Morgan fingerprint density at radius 1 is 0.571 bits per heavy atom. The summed E-state index contributed by atoms with van der Waals surface area (Å²) in [5.41, 5.74) is 0. The molecule has 1 aromatic carbocycles. The number of aliphatic carboxylic acids is 2. The third-order valence-corrected chi connectivity index (χ3v) is 10.6. The quantitative estimate of drug-likeness (QED) is 0.0215. The minimum absolute atomic E-state index is 0.0110. The molecule has 1 rings (SSSR count). The maximum Gasteiger partial charge on any atom is 0.337 e. The molecule has 22 heteroatoms. The molecule has 0 aliphatic rings. The highest BCUT2D eigenvalue weighted by atomic mass is 35.5. The Kier molecular flexibility index (Phi) is 32.5. The zero-order valence-corrected chi connectivity index (χ0v) is 38.2. The first-order valence-corrected chi connectivity index (χ1v) is 23.5. The second-order valence-electron chi connectivity index (χ2n) is 14.5. The summed E-state index contributed by atoms with van der Waals surface area (Å²) in [6, 6.07) is 0.587. The molecule has 0 aliphatic carbocycles. The van der Waals surface area contributed by atoms with E-state index in [9.17, 15) is 42.3 Å². The summed E-state index contributed by atoms with van der Waals surface area (Å²) < 4.78 is 57.6. The lowest BCUT2D eigenvalue weighted by Crippen LogP contribution is -2.41. The number of amides is 3. The summed E-state index contributed by atoms with van der Waals surface area (Å²) in [7, 11) is -4.56. The van der Waals surface area contributed by atoms with Crippen LogP contribution in [0.1, 0.15) is 116 Å². The number of carbonyl (C=O) groups excluding carboxylic acids is 4. The fraction of sp³-hybridized carbons (Fsp3) is 0.707. The topological polar surface area (TPSA) is 279 Å². The van der Waals surface area contributed by atoms with Gasteiger partial charge in [0.25, 0.3) is 10.1 Å². The molecule has 0 bridgehead atoms. The number of hydrogen-bond acceptors (Lipinski definition) is 13. The van der Waals surface area contributed by atoms with Crippen LogP contribution in [0.2, 0.25) is 10.0 Å². The minimum atomic E-state index is -4.56. The number of halogens is 2. The van der Waals surface area contributed by atoms with Crippen molar-refractivity contribution in [1.29, 1.82) is 0 Å². The summed E-state index contributed by atoms with van der Waals surface area (Å²) >= 11 is 11.8. The van der Waals surface area contributed by atoms with Gasteiger partial charge in [-0.05, 0) is 31.4 Å². The monoisotopic (exact) mass is 957 g/mol. The van der Waals surface area contributed by atoms with Crippen molar-refractivity contribution >= 4 is 68.9 Å². The van der Waals surface area contributed by atoms with Crippen LogP contribution in [0, 0.1) is 0 Å². The van der Waals surface area contributed by atoms with Crippen LogP contribution in [-0.4, -0.2) is 131 Å². The maximum atomic E-state index is 12.3. The summed E-state index contributed by atoms with van der Waals surface area (Å²) in [6.07, 6.45) is 15.3. The molecule has 0 fully saturated rings. The third-order valence-electron chi connectivity index (χ3n) is 9.16. The SMILES string of the molecule is O=C(O)CCCCCCCCCCCCCCCCC(=O)N[C@@H](CCC(=O)NCCOCCOCC(=O)NCCOCCOCC(=O)Oc1c(Cl)cc(S(=O)(=O)O)cc1Cl)C(=O)O. The predicted molar refractivity (Wildman–Crippen MR) is 232 cm³/mol. The van der Waals surface area contributed by atoms with E-state index in [4.69, 9.17) is 56.5 Å². The molecule has 63 heavy (non-hydrogen) atoms. The zero-order chi connectivity index (χ0) is 46.7. The number of esters is 1. The first-order valence-electron chi connectivity index (χ1n) is 21.4. The highest BCUT2D eigenvalue weighted by molar-refractivity contribution is 7.85. The van der Waals surface area contributed by atoms with Crippen molar-refractivity contribution < 1.29 is 75.6 Å². The number of hydrogen-bond donors (Lipinski definition) is 6. The van der Waals surface area contributed by atoms with Crippen LogP contribution in [-0.2, 0) is 57.8 Å². The highest BCUT2D eigenvalue weighted by Crippen LogP contribution is 2.35. The van der Waals surface area contributed by atoms with Gasteiger partial charge in [-0.15, -0.1) is 0 Å². The average molecular weight is 959 g/mol. The van der Waals surface area contributed by atoms with Crippen LogP contribution >= 0.6 is 23.2 Å². The molecule has 19 nitrogen and oxygen atoms in total. The van der Waals surface area contributed by atoms with Crippen molar-refractivity contribution in [3.63, 3.8) is 0 Å². The number of benzene rings is 1. The molecule has 1 aromatic rings. The van der Waals surface area contributed by atoms with Crippen molar-refractivity contribution in [1.82, 2.24) is 16.0 Å². The summed E-state index contributed by atoms with van der Waals surface area (Å²) in [6.45, 7) is 0.350. The third kappa shape index (κ3) is 31.8. The van der Waals surface area contributed by atoms with E-state index < -0.39 is 45.6 Å². The second-order valence-corrected chi connectivity index (χ2v) is 16.8. The Hall–Kier alpha value is -3.63. The van der Waals surface area contributed by atoms with Gasteiger partial charge >= 0.3 is 17.9 Å². The minimum Gasteiger partial charge on any atom is -0.481 e. The smallest absolute Gasteiger partial charge is 0.337 e. The van der Waals surface area contributed by atoms with Crippen LogP contribution in [0.25, 0.3) is 0 Å². The molecule has 0 aliphatic heterocycles. The van der Waals surface area contributed by atoms with Gasteiger partial charge < -0.3 is 49.8 Å². The summed E-state index contributed by atoms with van der Waals surface area (Å²) in [4.78, 5) is 70.0. The van der Waals surface area contributed by atoms with Crippen molar-refractivity contribution in [3.05, 3.63) is 22.2 Å². The van der Waals surface area contributed by atoms with Gasteiger partial charge in [0.1, 0.15) is 19.3 Å². The number of nitrogens with one attached hydrogen (secondary N) is 3. The Morgan fingerprint density at radius 2 is 1.02 bits per heavy atom. The van der Waals surface area contributed by atoms with E-state index in [2.05, 4.69) is 16.0 Å². The highest BCUT2D eigenvalue weighted by Gasteiger charge is 2.21. The largest absolute Gasteiger partial charge is 0.481 e. The van der Waals surface area contributed by atoms with E-state index in [1.807, 2.05) is 0 Å². The van der Waals surface area contributed by atoms with Crippen molar-refractivity contribution in [2.75, 3.05) is 65.9 Å². The summed E-state index contributed by atoms with van der Waals surface area (Å²) in [5, 5.41) is 25.3. The molecule has 0 radical (unpaired) electrons. The number of carboxylic acid groups (broad SMARTS) is 2. The van der Waals surface area contributed by atoms with Crippen LogP contribution in [0.15, 0.2) is 17.0 Å². The van der Waals surface area contributed by atoms with Gasteiger partial charge in [0, 0.05) is 32.4 Å². The lowest BCUT2D eigenvalue weighted by atomic mass is 10.0. The first-order chi connectivity index (χ1) is 30.1. The van der Waals surface area contributed by atoms with Crippen molar-refractivity contribution in [3.8, 4) is 5.75 Å². The molecule has 0 aromatic heterocycles. The number of ether oxygens (including phenoxy) is 5. The van der Waals surface area contributed by atoms with Gasteiger partial charge in [-0.3, -0.25) is 23.7 Å². The van der Waals surface area contributed by atoms with E-state index in [-0.39, 0.29) is 119 Å². The van der Waals surface area contributed by atoms with Gasteiger partial charge in [-0.1, -0.05) is 100 Å². The Morgan fingerprint density at radius 3 is 1.49 bits per heavy atom. The van der Waals surface area contributed by atoms with Crippen molar-refractivity contribution in [2.45, 2.75) is 127 Å². The van der Waals surface area contributed by atoms with Gasteiger partial charge in [0.05, 0.1) is 54.6 Å². The molecule has 0 unspecified atom stereocenters. The van der Waals surface area contributed by atoms with Gasteiger partial charge in [0.15, 0.2) is 5.75 Å². The lowest BCUT2D eigenvalue weighted by Gasteiger charge is -2.14. The second kappa shape index (κ2) is 35.7. The zero-order valence-electron chi connectivity index (χ0n) is 35.8. The van der Waals surface area contributed by atoms with Crippen LogP contribution in [0.5, 0.6) is 5.75 Å². The normalized spacial score (nSPS) is 11.8. The molecule has 6 N–H and O–H groups in total. The fourth-order valence-electron chi connectivity index (χ4n) is 5.83. The number of rotatable bonds is 40. The molecule has 0 saturated carbocycles. The standard InChI is InChI=1S/C41H65Cl2N3O16S/c42-32-27-31(63(55,56)57)28-33(43)40(32)62-39(52)30-61-26-24-59-22-20-45-37(49)29-60-25-23-58-21-19-44-35(47)18-17-34(41(53)54)46-36(48)15-13-11-9-7-5-3-1-2-4-6-8-10-12-14-16-38(50)51/h27-28,34H,1-26,29-30H2,(H,44,47)(H,45,49)(H,46,48)(H,50,51)(H,53,54)(H,55,56,57)/t34-/m0/s1. The van der Waals surface area contributed by atoms with Gasteiger partial charge in [-0.2, -0.15) is 8.42 Å². The van der Waals surface area contributed by atoms with E-state index in [1.165, 1.54) is 38.5 Å². The number of unbranched alkanes of at least 4 members (excludes halogenated alkanes) is 13. The molecular weight excluding hydrogens is 893 g/mol. The lowest BCUT2D eigenvalue weighted by molar-refractivity contribution is -0.142. The van der Waals surface area contributed by atoms with Crippen LogP contribution in [0.4, 0.5) is 0 Å². The molecule has 1 atom stereocenters.